The van der Waals surface area contributed by atoms with E-state index in [1.54, 1.807) is 0 Å². The van der Waals surface area contributed by atoms with E-state index in [0.29, 0.717) is 32.8 Å². The number of piperidine rings is 1. The van der Waals surface area contributed by atoms with E-state index in [4.69, 9.17) is 9.47 Å². The molecule has 0 unspecified atom stereocenters. The molecule has 7 nitrogen and oxygen atoms in total. The molecule has 7 heteroatoms. The van der Waals surface area contributed by atoms with Gasteiger partial charge in [-0.15, -0.1) is 0 Å². The van der Waals surface area contributed by atoms with Crippen molar-refractivity contribution in [3.8, 4) is 0 Å². The van der Waals surface area contributed by atoms with Gasteiger partial charge in [-0.25, -0.2) is 4.79 Å². The molecule has 0 radical (unpaired) electrons. The van der Waals surface area contributed by atoms with Crippen LogP contribution in [0.1, 0.15) is 23.1 Å². The maximum Gasteiger partial charge on any atom is 0.320 e. The molecule has 3 aliphatic heterocycles. The SMILES string of the molecule is Cc1ccc(COC2CN(C(=O)N3CC[C@@H]4OCC(=O)N[C@@H]4C3)C2)c(C)c1. The van der Waals surface area contributed by atoms with Gasteiger partial charge in [0.05, 0.1) is 37.9 Å². The number of nitrogens with one attached hydrogen (secondary N) is 1. The Balaban J connectivity index is 1.23. The second-order valence-corrected chi connectivity index (χ2v) is 7.81. The second-order valence-electron chi connectivity index (χ2n) is 7.81. The molecule has 3 aliphatic rings. The van der Waals surface area contributed by atoms with Gasteiger partial charge in [0.2, 0.25) is 5.91 Å². The predicted octanol–water partition coefficient (Wildman–Crippen LogP) is 1.21. The van der Waals surface area contributed by atoms with Crippen molar-refractivity contribution in [3.05, 3.63) is 34.9 Å². The van der Waals surface area contributed by atoms with Gasteiger partial charge < -0.3 is 24.6 Å². The minimum atomic E-state index is -0.102. The Hall–Kier alpha value is -2.12. The molecule has 3 fully saturated rings. The van der Waals surface area contributed by atoms with Crippen LogP contribution in [0.5, 0.6) is 0 Å². The van der Waals surface area contributed by atoms with Gasteiger partial charge in [0, 0.05) is 13.1 Å². The molecule has 4 rings (SSSR count). The van der Waals surface area contributed by atoms with Gasteiger partial charge in [-0.3, -0.25) is 4.79 Å². The van der Waals surface area contributed by atoms with Crippen molar-refractivity contribution in [1.82, 2.24) is 15.1 Å². The number of hydrogen-bond donors (Lipinski definition) is 1. The molecule has 146 valence electrons. The summed E-state index contributed by atoms with van der Waals surface area (Å²) < 4.78 is 11.5. The van der Waals surface area contributed by atoms with Crippen molar-refractivity contribution in [3.63, 3.8) is 0 Å². The fourth-order valence-electron chi connectivity index (χ4n) is 3.99. The van der Waals surface area contributed by atoms with E-state index < -0.39 is 0 Å². The molecule has 0 aliphatic carbocycles. The zero-order valence-electron chi connectivity index (χ0n) is 15.9. The third kappa shape index (κ3) is 3.94. The molecule has 0 aromatic heterocycles. The van der Waals surface area contributed by atoms with Crippen LogP contribution in [0.15, 0.2) is 18.2 Å². The summed E-state index contributed by atoms with van der Waals surface area (Å²) in [5.74, 6) is -0.102. The van der Waals surface area contributed by atoms with E-state index in [9.17, 15) is 9.59 Å². The zero-order valence-corrected chi connectivity index (χ0v) is 15.9. The maximum absolute atomic E-state index is 12.7. The van der Waals surface area contributed by atoms with Crippen molar-refractivity contribution in [1.29, 1.82) is 0 Å². The van der Waals surface area contributed by atoms with Crippen LogP contribution < -0.4 is 5.32 Å². The number of aryl methyl sites for hydroxylation is 2. The molecule has 0 bridgehead atoms. The van der Waals surface area contributed by atoms with Crippen LogP contribution in [-0.2, 0) is 20.9 Å². The van der Waals surface area contributed by atoms with Crippen LogP contribution in [0.25, 0.3) is 0 Å². The number of ether oxygens (including phenoxy) is 2. The highest BCUT2D eigenvalue weighted by Crippen LogP contribution is 2.22. The Morgan fingerprint density at radius 2 is 2.07 bits per heavy atom. The Labute approximate surface area is 159 Å². The highest BCUT2D eigenvalue weighted by atomic mass is 16.5. The largest absolute Gasteiger partial charge is 0.370 e. The molecule has 27 heavy (non-hydrogen) atoms. The average molecular weight is 373 g/mol. The lowest BCUT2D eigenvalue weighted by atomic mass is 10.0. The molecular formula is C20H27N3O4. The summed E-state index contributed by atoms with van der Waals surface area (Å²) in [6.07, 6.45) is 0.874. The topological polar surface area (TPSA) is 71.1 Å². The summed E-state index contributed by atoms with van der Waals surface area (Å²) in [4.78, 5) is 27.8. The van der Waals surface area contributed by atoms with Crippen molar-refractivity contribution in [2.75, 3.05) is 32.8 Å². The number of carbonyl (C=O) groups is 2. The van der Waals surface area contributed by atoms with E-state index in [-0.39, 0.29) is 36.8 Å². The van der Waals surface area contributed by atoms with E-state index >= 15 is 0 Å². The summed E-state index contributed by atoms with van der Waals surface area (Å²) >= 11 is 0. The van der Waals surface area contributed by atoms with E-state index in [1.165, 1.54) is 16.7 Å². The quantitative estimate of drug-likeness (QED) is 0.865. The first-order valence-electron chi connectivity index (χ1n) is 9.62. The summed E-state index contributed by atoms with van der Waals surface area (Å²) in [5, 5.41) is 2.93. The maximum atomic E-state index is 12.7. The lowest BCUT2D eigenvalue weighted by molar-refractivity contribution is -0.140. The van der Waals surface area contributed by atoms with E-state index in [1.807, 2.05) is 9.80 Å². The molecule has 0 saturated carbocycles. The first-order chi connectivity index (χ1) is 13.0. The minimum Gasteiger partial charge on any atom is -0.370 e. The van der Waals surface area contributed by atoms with Crippen molar-refractivity contribution in [2.45, 2.75) is 45.1 Å². The number of benzene rings is 1. The van der Waals surface area contributed by atoms with Crippen molar-refractivity contribution in [2.24, 2.45) is 0 Å². The highest BCUT2D eigenvalue weighted by Gasteiger charge is 2.40. The smallest absolute Gasteiger partial charge is 0.320 e. The molecule has 1 N–H and O–H groups in total. The van der Waals surface area contributed by atoms with Gasteiger partial charge in [-0.2, -0.15) is 0 Å². The predicted molar refractivity (Wildman–Crippen MR) is 99.3 cm³/mol. The average Bonchev–Trinajstić information content (AvgIpc) is 2.61. The molecule has 3 heterocycles. The first-order valence-corrected chi connectivity index (χ1v) is 9.62. The first kappa shape index (κ1) is 18.3. The second kappa shape index (κ2) is 7.48. The lowest BCUT2D eigenvalue weighted by Crippen LogP contribution is -2.65. The van der Waals surface area contributed by atoms with Crippen LogP contribution in [0.2, 0.25) is 0 Å². The molecule has 2 atom stereocenters. The Kier molecular flexibility index (Phi) is 5.06. The fourth-order valence-corrected chi connectivity index (χ4v) is 3.99. The van der Waals surface area contributed by atoms with Crippen molar-refractivity contribution < 1.29 is 19.1 Å². The number of rotatable bonds is 3. The number of likely N-dealkylation sites (tertiary alicyclic amines) is 2. The molecule has 0 spiro atoms. The minimum absolute atomic E-state index is 0.0250. The van der Waals surface area contributed by atoms with Gasteiger partial charge in [-0.1, -0.05) is 23.8 Å². The van der Waals surface area contributed by atoms with Crippen LogP contribution in [0, 0.1) is 13.8 Å². The van der Waals surface area contributed by atoms with Gasteiger partial charge in [0.1, 0.15) is 6.61 Å². The number of fused-ring (bicyclic) bond motifs is 1. The van der Waals surface area contributed by atoms with Crippen LogP contribution in [0.3, 0.4) is 0 Å². The Morgan fingerprint density at radius 3 is 2.85 bits per heavy atom. The van der Waals surface area contributed by atoms with Crippen molar-refractivity contribution >= 4 is 11.9 Å². The molecule has 1 aromatic rings. The third-order valence-corrected chi connectivity index (χ3v) is 5.69. The van der Waals surface area contributed by atoms with Crippen LogP contribution in [-0.4, -0.2) is 72.8 Å². The van der Waals surface area contributed by atoms with Gasteiger partial charge >= 0.3 is 6.03 Å². The van der Waals surface area contributed by atoms with Crippen LogP contribution >= 0.6 is 0 Å². The highest BCUT2D eigenvalue weighted by molar-refractivity contribution is 5.79. The standard InChI is InChI=1S/C20H27N3O4/c1-13-3-4-15(14(2)7-13)11-26-16-8-23(9-16)20(25)22-6-5-18-17(10-22)21-19(24)12-27-18/h3-4,7,16-18H,5-6,8-12H2,1-2H3,(H,21,24)/t17-,18+/m1/s1. The van der Waals surface area contributed by atoms with Crippen LogP contribution in [0.4, 0.5) is 4.79 Å². The third-order valence-electron chi connectivity index (χ3n) is 5.69. The monoisotopic (exact) mass is 373 g/mol. The number of hydrogen-bond acceptors (Lipinski definition) is 4. The number of nitrogens with zero attached hydrogens (tertiary/aromatic N) is 2. The molecule has 3 amide bonds. The number of urea groups is 1. The lowest BCUT2D eigenvalue weighted by Gasteiger charge is -2.46. The van der Waals surface area contributed by atoms with E-state index in [2.05, 4.69) is 37.4 Å². The fraction of sp³-hybridized carbons (Fsp3) is 0.600. The number of amides is 3. The molecule has 3 saturated heterocycles. The summed E-state index contributed by atoms with van der Waals surface area (Å²) in [6, 6.07) is 6.30. The Bertz CT molecular complexity index is 732. The van der Waals surface area contributed by atoms with E-state index in [0.717, 1.165) is 6.42 Å². The van der Waals surface area contributed by atoms with Gasteiger partial charge in [0.15, 0.2) is 0 Å². The van der Waals surface area contributed by atoms with Gasteiger partial charge in [0.25, 0.3) is 0 Å². The van der Waals surface area contributed by atoms with Gasteiger partial charge in [-0.05, 0) is 31.4 Å². The molecular weight excluding hydrogens is 346 g/mol. The Morgan fingerprint density at radius 1 is 1.26 bits per heavy atom. The molecule has 1 aromatic carbocycles. The summed E-state index contributed by atoms with van der Waals surface area (Å²) in [5.41, 5.74) is 3.68. The summed E-state index contributed by atoms with van der Waals surface area (Å²) in [6.45, 7) is 7.31. The normalized spacial score (nSPS) is 25.6. The zero-order chi connectivity index (χ0) is 19.0. The summed E-state index contributed by atoms with van der Waals surface area (Å²) in [7, 11) is 0. The number of morpholine rings is 1. The number of carbonyl (C=O) groups excluding carboxylic acids is 2.